The second-order valence-electron chi connectivity index (χ2n) is 11.8. The van der Waals surface area contributed by atoms with Crippen LogP contribution in [0.5, 0.6) is 5.75 Å². The first-order chi connectivity index (χ1) is 17.3. The summed E-state index contributed by atoms with van der Waals surface area (Å²) in [7, 11) is 1.80. The van der Waals surface area contributed by atoms with E-state index in [0.29, 0.717) is 12.5 Å². The maximum atomic E-state index is 6.30. The van der Waals surface area contributed by atoms with Gasteiger partial charge >= 0.3 is 0 Å². The Hall–Kier alpha value is -1.88. The van der Waals surface area contributed by atoms with Crippen LogP contribution < -0.4 is 15.0 Å². The van der Waals surface area contributed by atoms with Gasteiger partial charge in [0, 0.05) is 24.3 Å². The highest BCUT2D eigenvalue weighted by molar-refractivity contribution is 5.46. The molecule has 2 saturated heterocycles. The Kier molecular flexibility index (Phi) is 6.88. The highest BCUT2D eigenvalue weighted by Crippen LogP contribution is 2.42. The van der Waals surface area contributed by atoms with E-state index in [0.717, 1.165) is 36.8 Å². The van der Waals surface area contributed by atoms with Gasteiger partial charge in [-0.15, -0.1) is 0 Å². The highest BCUT2D eigenvalue weighted by atomic mass is 16.5. The van der Waals surface area contributed by atoms with E-state index in [1.54, 1.807) is 12.7 Å². The van der Waals surface area contributed by atoms with Crippen molar-refractivity contribution < 1.29 is 19.7 Å². The van der Waals surface area contributed by atoms with Gasteiger partial charge < -0.3 is 19.7 Å². The average molecular weight is 477 g/mol. The number of hydrogen-bond donors (Lipinski definition) is 2. The molecule has 1 unspecified atom stereocenters. The first-order valence-corrected chi connectivity index (χ1v) is 14.2. The highest BCUT2D eigenvalue weighted by Gasteiger charge is 2.53. The van der Waals surface area contributed by atoms with Gasteiger partial charge in [0.1, 0.15) is 5.75 Å². The Morgan fingerprint density at radius 3 is 2.71 bits per heavy atom. The molecular formula is C31H44N2O2+2. The minimum Gasteiger partial charge on any atom is -0.496 e. The molecule has 6 rings (SSSR count). The lowest BCUT2D eigenvalue weighted by Gasteiger charge is -2.45. The second-order valence-corrected chi connectivity index (χ2v) is 11.8. The summed E-state index contributed by atoms with van der Waals surface area (Å²) < 4.78 is 12.1. The monoisotopic (exact) mass is 476 g/mol. The molecule has 1 aliphatic carbocycles. The first kappa shape index (κ1) is 23.5. The van der Waals surface area contributed by atoms with Crippen LogP contribution in [-0.4, -0.2) is 45.9 Å². The smallest absolute Gasteiger partial charge is 0.124 e. The summed E-state index contributed by atoms with van der Waals surface area (Å²) in [4.78, 5) is 1.90. The van der Waals surface area contributed by atoms with E-state index in [2.05, 4.69) is 53.8 Å². The lowest BCUT2D eigenvalue weighted by Crippen LogP contribution is -3.18. The molecule has 2 aromatic rings. The van der Waals surface area contributed by atoms with Crippen molar-refractivity contribution in [2.24, 2.45) is 11.8 Å². The quantitative estimate of drug-likeness (QED) is 0.696. The van der Waals surface area contributed by atoms with Gasteiger partial charge in [-0.2, -0.15) is 0 Å². The molecule has 0 bridgehead atoms. The fraction of sp³-hybridized carbons (Fsp3) is 0.613. The molecule has 3 N–H and O–H groups in total. The van der Waals surface area contributed by atoms with Gasteiger partial charge in [0.05, 0.1) is 63.9 Å². The summed E-state index contributed by atoms with van der Waals surface area (Å²) in [6.45, 7) is 6.53. The van der Waals surface area contributed by atoms with Crippen LogP contribution in [0.25, 0.3) is 0 Å². The van der Waals surface area contributed by atoms with Crippen LogP contribution in [0.2, 0.25) is 0 Å². The van der Waals surface area contributed by atoms with E-state index >= 15 is 0 Å². The van der Waals surface area contributed by atoms with Crippen molar-refractivity contribution in [2.45, 2.75) is 68.9 Å². The second kappa shape index (κ2) is 10.2. The van der Waals surface area contributed by atoms with E-state index < -0.39 is 0 Å². The molecule has 2 aromatic carbocycles. The van der Waals surface area contributed by atoms with Gasteiger partial charge in [0.2, 0.25) is 0 Å². The largest absolute Gasteiger partial charge is 0.496 e. The third-order valence-electron chi connectivity index (χ3n) is 10.1. The van der Waals surface area contributed by atoms with Crippen LogP contribution in [0.15, 0.2) is 48.5 Å². The molecule has 4 nitrogen and oxygen atoms in total. The molecule has 0 radical (unpaired) electrons. The maximum Gasteiger partial charge on any atom is 0.124 e. The van der Waals surface area contributed by atoms with E-state index in [9.17, 15) is 0 Å². The minimum absolute atomic E-state index is 0.127. The van der Waals surface area contributed by atoms with Crippen molar-refractivity contribution in [2.75, 3.05) is 39.9 Å². The van der Waals surface area contributed by atoms with Crippen LogP contribution in [0, 0.1) is 11.8 Å². The standard InChI is InChI=1S/C31H42N2O2/c1-34-30-14-8-13-28-27(30)20-35-22-31(28)21-32-18-26(31)19-33-16-15-25(23-9-4-2-5-10-23)17-29(33)24-11-6-3-7-12-24/h2,4-5,8-10,13-14,24-26,29,32H,3,6-7,11-12,15-22H2,1H3/p+2/t25-,26+,29+,31+/m1/s1. The number of likely N-dealkylation sites (tertiary alicyclic amines) is 1. The Bertz CT molecular complexity index is 989. The van der Waals surface area contributed by atoms with Gasteiger partial charge in [0.15, 0.2) is 0 Å². The summed E-state index contributed by atoms with van der Waals surface area (Å²) in [6, 6.07) is 18.9. The van der Waals surface area contributed by atoms with Crippen molar-refractivity contribution in [1.29, 1.82) is 0 Å². The van der Waals surface area contributed by atoms with Crippen LogP contribution in [0.3, 0.4) is 0 Å². The summed E-state index contributed by atoms with van der Waals surface area (Å²) in [5.41, 5.74) is 4.50. The zero-order valence-electron chi connectivity index (χ0n) is 21.5. The van der Waals surface area contributed by atoms with Crippen LogP contribution in [0.4, 0.5) is 0 Å². The van der Waals surface area contributed by atoms with Crippen molar-refractivity contribution in [3.63, 3.8) is 0 Å². The number of quaternary nitrogens is 2. The SMILES string of the molecule is COc1cccc2c1COC[C@]21C[NH2+]C[C@H]1C[NH+]1CC[C@@H](c2ccccc2)C[C@H]1C1CCCCC1. The topological polar surface area (TPSA) is 39.5 Å². The van der Waals surface area contributed by atoms with Gasteiger partial charge in [0.25, 0.3) is 0 Å². The van der Waals surface area contributed by atoms with Crippen molar-refractivity contribution >= 4 is 0 Å². The molecular weight excluding hydrogens is 432 g/mol. The van der Waals surface area contributed by atoms with Gasteiger partial charge in [-0.1, -0.05) is 61.7 Å². The third kappa shape index (κ3) is 4.43. The molecule has 3 heterocycles. The summed E-state index contributed by atoms with van der Waals surface area (Å²) in [5.74, 6) is 3.30. The lowest BCUT2D eigenvalue weighted by molar-refractivity contribution is -0.939. The summed E-state index contributed by atoms with van der Waals surface area (Å²) in [6.07, 6.45) is 9.90. The number of rotatable bonds is 5. The first-order valence-electron chi connectivity index (χ1n) is 14.2. The van der Waals surface area contributed by atoms with E-state index in [-0.39, 0.29) is 5.41 Å². The zero-order valence-corrected chi connectivity index (χ0v) is 21.5. The molecule has 0 aromatic heterocycles. The number of piperidine rings is 1. The molecule has 4 heteroatoms. The molecule has 5 atom stereocenters. The predicted molar refractivity (Wildman–Crippen MR) is 139 cm³/mol. The molecule has 35 heavy (non-hydrogen) atoms. The van der Waals surface area contributed by atoms with Gasteiger partial charge in [-0.3, -0.25) is 0 Å². The van der Waals surface area contributed by atoms with Crippen LogP contribution in [0.1, 0.15) is 67.6 Å². The normalized spacial score (nSPS) is 33.5. The Morgan fingerprint density at radius 2 is 1.89 bits per heavy atom. The van der Waals surface area contributed by atoms with Gasteiger partial charge in [-0.25, -0.2) is 0 Å². The Labute approximate surface area is 211 Å². The van der Waals surface area contributed by atoms with Crippen LogP contribution in [-0.2, 0) is 16.8 Å². The zero-order chi connectivity index (χ0) is 23.7. The third-order valence-corrected chi connectivity index (χ3v) is 10.1. The van der Waals surface area contributed by atoms with Crippen molar-refractivity contribution in [3.8, 4) is 5.75 Å². The number of hydrogen-bond acceptors (Lipinski definition) is 2. The number of fused-ring (bicyclic) bond motifs is 2. The van der Waals surface area contributed by atoms with E-state index in [1.165, 1.54) is 75.7 Å². The maximum absolute atomic E-state index is 6.30. The number of methoxy groups -OCH3 is 1. The number of nitrogens with two attached hydrogens (primary N) is 1. The number of ether oxygens (including phenoxy) is 2. The van der Waals surface area contributed by atoms with Gasteiger partial charge in [-0.05, 0) is 36.0 Å². The Morgan fingerprint density at radius 1 is 1.03 bits per heavy atom. The van der Waals surface area contributed by atoms with E-state index in [4.69, 9.17) is 9.47 Å². The fourth-order valence-electron chi connectivity index (χ4n) is 8.30. The minimum atomic E-state index is 0.127. The molecule has 0 amide bonds. The van der Waals surface area contributed by atoms with Crippen LogP contribution >= 0.6 is 0 Å². The molecule has 3 fully saturated rings. The molecule has 1 spiro atoms. The molecule has 4 aliphatic rings. The van der Waals surface area contributed by atoms with Crippen molar-refractivity contribution in [1.82, 2.24) is 0 Å². The van der Waals surface area contributed by atoms with Crippen molar-refractivity contribution in [3.05, 3.63) is 65.2 Å². The molecule has 3 aliphatic heterocycles. The predicted octanol–water partition coefficient (Wildman–Crippen LogP) is 3.07. The fourth-order valence-corrected chi connectivity index (χ4v) is 8.30. The number of nitrogens with one attached hydrogen (secondary N) is 1. The molecule has 1 saturated carbocycles. The Balaban J connectivity index is 1.27. The lowest BCUT2D eigenvalue weighted by atomic mass is 9.69. The number of benzene rings is 2. The summed E-state index contributed by atoms with van der Waals surface area (Å²) >= 11 is 0. The van der Waals surface area contributed by atoms with E-state index in [1.807, 2.05) is 4.90 Å². The molecule has 188 valence electrons. The average Bonchev–Trinajstić information content (AvgIpc) is 3.32. The summed E-state index contributed by atoms with van der Waals surface area (Å²) in [5, 5.41) is 2.56.